The molecule has 3 aromatic rings. The molecule has 4 N–H and O–H groups in total. The van der Waals surface area contributed by atoms with Gasteiger partial charge in [0, 0.05) is 24.5 Å². The third-order valence-corrected chi connectivity index (χ3v) is 5.14. The number of aromatic nitrogens is 2. The fourth-order valence-electron chi connectivity index (χ4n) is 3.60. The number of hydrogen-bond donors (Lipinski definition) is 3. The second-order valence-electron chi connectivity index (χ2n) is 7.15. The van der Waals surface area contributed by atoms with Gasteiger partial charge >= 0.3 is 0 Å². The molecule has 1 amide bonds. The summed E-state index contributed by atoms with van der Waals surface area (Å²) in [6.45, 7) is 2.65. The number of aliphatic hydroxyl groups is 1. The lowest BCUT2D eigenvalue weighted by Gasteiger charge is -2.26. The van der Waals surface area contributed by atoms with Crippen molar-refractivity contribution in [3.8, 4) is 0 Å². The van der Waals surface area contributed by atoms with E-state index in [0.717, 1.165) is 11.0 Å². The molecule has 1 fully saturated rings. The van der Waals surface area contributed by atoms with Crippen LogP contribution in [0.5, 0.6) is 0 Å². The van der Waals surface area contributed by atoms with Crippen LogP contribution >= 0.6 is 0 Å². The Hall–Kier alpha value is -3.13. The van der Waals surface area contributed by atoms with Crippen LogP contribution in [0.2, 0.25) is 0 Å². The van der Waals surface area contributed by atoms with Gasteiger partial charge in [-0.25, -0.2) is 9.97 Å². The van der Waals surface area contributed by atoms with E-state index in [0.29, 0.717) is 36.9 Å². The summed E-state index contributed by atoms with van der Waals surface area (Å²) in [6, 6.07) is 11.2. The van der Waals surface area contributed by atoms with Crippen LogP contribution in [-0.4, -0.2) is 46.2 Å². The highest BCUT2D eigenvalue weighted by Crippen LogP contribution is 2.26. The molecule has 0 spiro atoms. The molecule has 0 aliphatic carbocycles. The number of anilines is 2. The number of nitrogen functional groups attached to an aromatic ring is 1. The van der Waals surface area contributed by atoms with Gasteiger partial charge < -0.3 is 25.5 Å². The van der Waals surface area contributed by atoms with Gasteiger partial charge in [-0.05, 0) is 25.5 Å². The minimum atomic E-state index is -0.481. The van der Waals surface area contributed by atoms with Crippen LogP contribution in [0, 0.1) is 0 Å². The molecule has 1 aliphatic rings. The van der Waals surface area contributed by atoms with Crippen LogP contribution < -0.4 is 16.0 Å². The molecule has 28 heavy (non-hydrogen) atoms. The average Bonchev–Trinajstić information content (AvgIpc) is 3.28. The van der Waals surface area contributed by atoms with Gasteiger partial charge in [-0.3, -0.25) is 4.79 Å². The van der Waals surface area contributed by atoms with E-state index in [9.17, 15) is 9.90 Å². The van der Waals surface area contributed by atoms with Crippen molar-refractivity contribution in [3.63, 3.8) is 0 Å². The Morgan fingerprint density at radius 3 is 3.00 bits per heavy atom. The molecule has 146 valence electrons. The molecule has 0 saturated carbocycles. The topological polar surface area (TPSA) is 118 Å². The number of para-hydroxylation sites is 1. The minimum Gasteiger partial charge on any atom is -0.460 e. The second kappa shape index (κ2) is 7.47. The van der Waals surface area contributed by atoms with Crippen LogP contribution in [0.25, 0.3) is 11.0 Å². The molecule has 4 rings (SSSR count). The summed E-state index contributed by atoms with van der Waals surface area (Å²) < 4.78 is 5.80. The average molecular weight is 381 g/mol. The van der Waals surface area contributed by atoms with Gasteiger partial charge in [0.15, 0.2) is 0 Å². The monoisotopic (exact) mass is 381 g/mol. The van der Waals surface area contributed by atoms with Crippen LogP contribution in [-0.2, 0) is 4.79 Å². The number of carbonyl (C=O) groups excluding carboxylic acids is 1. The highest BCUT2D eigenvalue weighted by Gasteiger charge is 2.32. The van der Waals surface area contributed by atoms with Gasteiger partial charge in [-0.1, -0.05) is 18.2 Å². The predicted octanol–water partition coefficient (Wildman–Crippen LogP) is 1.66. The lowest BCUT2D eigenvalue weighted by Crippen LogP contribution is -2.41. The molecule has 1 aromatic carbocycles. The Morgan fingerprint density at radius 1 is 1.39 bits per heavy atom. The molecule has 3 atom stereocenters. The van der Waals surface area contributed by atoms with E-state index in [1.54, 1.807) is 6.07 Å². The molecule has 8 nitrogen and oxygen atoms in total. The Balaban J connectivity index is 1.42. The number of hydrogen-bond acceptors (Lipinski definition) is 7. The smallest absolute Gasteiger partial charge is 0.230 e. The molecule has 0 bridgehead atoms. The quantitative estimate of drug-likeness (QED) is 0.615. The molecule has 2 aromatic heterocycles. The first kappa shape index (κ1) is 18.2. The third kappa shape index (κ3) is 3.63. The molecule has 1 saturated heterocycles. The zero-order valence-corrected chi connectivity index (χ0v) is 15.6. The first-order chi connectivity index (χ1) is 13.5. The summed E-state index contributed by atoms with van der Waals surface area (Å²) in [5.41, 5.74) is 6.51. The largest absolute Gasteiger partial charge is 0.460 e. The van der Waals surface area contributed by atoms with Gasteiger partial charge in [0.05, 0.1) is 18.1 Å². The standard InChI is InChI=1S/C20H23N5O3/c1-12(17-6-13-4-2-3-5-16(13)28-17)20(27)22-9-14-7-15(26)10-25(14)19-8-18(21)23-11-24-19/h2-6,8,11-12,14-15,26H,7,9-10H2,1H3,(H,22,27)(H2,21,23,24)/t12?,14-,15-/m1/s1. The molecule has 1 unspecified atom stereocenters. The van der Waals surface area contributed by atoms with Crippen molar-refractivity contribution in [2.75, 3.05) is 23.7 Å². The Morgan fingerprint density at radius 2 is 2.21 bits per heavy atom. The van der Waals surface area contributed by atoms with Gasteiger partial charge in [0.25, 0.3) is 0 Å². The normalized spacial score (nSPS) is 20.4. The van der Waals surface area contributed by atoms with Crippen LogP contribution in [0.3, 0.4) is 0 Å². The summed E-state index contributed by atoms with van der Waals surface area (Å²) >= 11 is 0. The highest BCUT2D eigenvalue weighted by atomic mass is 16.3. The number of benzene rings is 1. The fraction of sp³-hybridized carbons (Fsp3) is 0.350. The number of nitrogens with two attached hydrogens (primary N) is 1. The lowest BCUT2D eigenvalue weighted by molar-refractivity contribution is -0.122. The Bertz CT molecular complexity index is 956. The number of fused-ring (bicyclic) bond motifs is 1. The number of nitrogens with zero attached hydrogens (tertiary/aromatic N) is 3. The maximum atomic E-state index is 12.7. The van der Waals surface area contributed by atoms with Gasteiger partial charge in [-0.15, -0.1) is 0 Å². The second-order valence-corrected chi connectivity index (χ2v) is 7.15. The summed E-state index contributed by atoms with van der Waals surface area (Å²) in [7, 11) is 0. The first-order valence-electron chi connectivity index (χ1n) is 9.29. The minimum absolute atomic E-state index is 0.0730. The van der Waals surface area contributed by atoms with E-state index in [-0.39, 0.29) is 11.9 Å². The van der Waals surface area contributed by atoms with E-state index in [2.05, 4.69) is 15.3 Å². The van der Waals surface area contributed by atoms with Crippen molar-refractivity contribution in [3.05, 3.63) is 48.5 Å². The first-order valence-corrected chi connectivity index (χ1v) is 9.29. The number of amides is 1. The molecule has 1 aliphatic heterocycles. The molecule has 8 heteroatoms. The number of furan rings is 1. The molecule has 0 radical (unpaired) electrons. The van der Waals surface area contributed by atoms with Crippen LogP contribution in [0.1, 0.15) is 25.0 Å². The number of carbonyl (C=O) groups is 1. The van der Waals surface area contributed by atoms with E-state index in [4.69, 9.17) is 10.2 Å². The maximum Gasteiger partial charge on any atom is 0.230 e. The van der Waals surface area contributed by atoms with Crippen LogP contribution in [0.15, 0.2) is 47.1 Å². The van der Waals surface area contributed by atoms with E-state index in [1.807, 2.05) is 42.2 Å². The van der Waals surface area contributed by atoms with Crippen molar-refractivity contribution in [2.45, 2.75) is 31.4 Å². The number of nitrogens with one attached hydrogen (secondary N) is 1. The van der Waals surface area contributed by atoms with Gasteiger partial charge in [-0.2, -0.15) is 0 Å². The van der Waals surface area contributed by atoms with E-state index >= 15 is 0 Å². The van der Waals surface area contributed by atoms with Gasteiger partial charge in [0.2, 0.25) is 5.91 Å². The number of aliphatic hydroxyl groups excluding tert-OH is 1. The van der Waals surface area contributed by atoms with Crippen LogP contribution in [0.4, 0.5) is 11.6 Å². The number of β-amino-alcohol motifs (C(OH)–C–C–N with tert-alkyl or cyclic N) is 1. The summed E-state index contributed by atoms with van der Waals surface area (Å²) in [5, 5.41) is 14.0. The SMILES string of the molecule is CC(C(=O)NC[C@H]1C[C@@H](O)CN1c1cc(N)ncn1)c1cc2ccccc2o1. The number of rotatable bonds is 5. The lowest BCUT2D eigenvalue weighted by atomic mass is 10.1. The molecule has 3 heterocycles. The van der Waals surface area contributed by atoms with Crippen molar-refractivity contribution in [1.29, 1.82) is 0 Å². The Labute approximate surface area is 162 Å². The van der Waals surface area contributed by atoms with Crippen molar-refractivity contribution >= 4 is 28.5 Å². The fourth-order valence-corrected chi connectivity index (χ4v) is 3.60. The van der Waals surface area contributed by atoms with E-state index < -0.39 is 12.0 Å². The molecular weight excluding hydrogens is 358 g/mol. The zero-order valence-electron chi connectivity index (χ0n) is 15.6. The van der Waals surface area contributed by atoms with Gasteiger partial charge in [0.1, 0.15) is 29.3 Å². The zero-order chi connectivity index (χ0) is 19.7. The summed E-state index contributed by atoms with van der Waals surface area (Å²) in [4.78, 5) is 22.7. The predicted molar refractivity (Wildman–Crippen MR) is 106 cm³/mol. The molecular formula is C20H23N5O3. The van der Waals surface area contributed by atoms with Crippen molar-refractivity contribution in [2.24, 2.45) is 0 Å². The highest BCUT2D eigenvalue weighted by molar-refractivity contribution is 5.85. The van der Waals surface area contributed by atoms with Crippen molar-refractivity contribution < 1.29 is 14.3 Å². The third-order valence-electron chi connectivity index (χ3n) is 5.14. The summed E-state index contributed by atoms with van der Waals surface area (Å²) in [6.07, 6.45) is 1.46. The summed E-state index contributed by atoms with van der Waals surface area (Å²) in [5.74, 6) is 1.11. The van der Waals surface area contributed by atoms with E-state index in [1.165, 1.54) is 6.33 Å². The van der Waals surface area contributed by atoms with Crippen molar-refractivity contribution in [1.82, 2.24) is 15.3 Å². The maximum absolute atomic E-state index is 12.7. The Kier molecular flexibility index (Phi) is 4.87.